The zero-order valence-corrected chi connectivity index (χ0v) is 26.2. The maximum absolute atomic E-state index is 14.8. The van der Waals surface area contributed by atoms with E-state index >= 15 is 0 Å². The highest BCUT2D eigenvalue weighted by Crippen LogP contribution is 2.38. The molecule has 1 aliphatic heterocycles. The van der Waals surface area contributed by atoms with Crippen molar-refractivity contribution in [2.45, 2.75) is 57.4 Å². The molecule has 3 heterocycles. The van der Waals surface area contributed by atoms with Crippen LogP contribution in [-0.4, -0.2) is 69.4 Å². The van der Waals surface area contributed by atoms with Crippen LogP contribution in [0.25, 0.3) is 27.0 Å². The fraction of sp³-hybridized carbons (Fsp3) is 0.333. The normalized spacial score (nSPS) is 20.0. The van der Waals surface area contributed by atoms with E-state index in [1.807, 2.05) is 19.1 Å². The number of nitrogens with zero attached hydrogens (tertiary/aromatic N) is 5. The number of rotatable bonds is 8. The van der Waals surface area contributed by atoms with Gasteiger partial charge in [0.15, 0.2) is 5.69 Å². The number of fused-ring (bicyclic) bond motifs is 2. The van der Waals surface area contributed by atoms with Crippen molar-refractivity contribution in [3.8, 4) is 10.6 Å². The number of nitrogens with one attached hydrogen (secondary N) is 1. The SMILES string of the molecule is C/C=C(\C=NC)c1ccc2c(c1)c(C(N)=O)nn2CC(=O)N1C[C@H](F)C[C@H]1C(=O)NC1CCCc2nc(-c3ccc(F)cc3)sc21. The molecule has 2 aliphatic rings. The highest BCUT2D eigenvalue weighted by Gasteiger charge is 2.41. The third kappa shape index (κ3) is 6.06. The van der Waals surface area contributed by atoms with E-state index in [0.29, 0.717) is 17.3 Å². The average molecular weight is 646 g/mol. The van der Waals surface area contributed by atoms with E-state index in [1.165, 1.54) is 33.1 Å². The van der Waals surface area contributed by atoms with Crippen molar-refractivity contribution in [3.05, 3.63) is 76.2 Å². The number of likely N-dealkylation sites (tertiary alicyclic amines) is 1. The third-order valence-corrected chi connectivity index (χ3v) is 9.67. The number of thiazole rings is 1. The number of carbonyl (C=O) groups is 3. The van der Waals surface area contributed by atoms with Gasteiger partial charge in [0.2, 0.25) is 11.8 Å². The summed E-state index contributed by atoms with van der Waals surface area (Å²) < 4.78 is 29.6. The number of halogens is 2. The molecular weight excluding hydrogens is 612 g/mol. The van der Waals surface area contributed by atoms with E-state index in [1.54, 1.807) is 37.5 Å². The summed E-state index contributed by atoms with van der Waals surface area (Å²) in [6.45, 7) is 1.33. The number of alkyl halides is 1. The van der Waals surface area contributed by atoms with Gasteiger partial charge in [-0.1, -0.05) is 12.1 Å². The van der Waals surface area contributed by atoms with E-state index in [9.17, 15) is 23.2 Å². The van der Waals surface area contributed by atoms with E-state index in [-0.39, 0.29) is 37.1 Å². The Morgan fingerprint density at radius 1 is 1.20 bits per heavy atom. The molecule has 13 heteroatoms. The van der Waals surface area contributed by atoms with Crippen molar-refractivity contribution in [1.29, 1.82) is 0 Å². The Morgan fingerprint density at radius 2 is 1.98 bits per heavy atom. The molecule has 3 amide bonds. The number of benzene rings is 2. The smallest absolute Gasteiger partial charge is 0.269 e. The van der Waals surface area contributed by atoms with Gasteiger partial charge in [-0.3, -0.25) is 24.1 Å². The van der Waals surface area contributed by atoms with E-state index in [4.69, 9.17) is 10.7 Å². The van der Waals surface area contributed by atoms with Gasteiger partial charge in [-0.05, 0) is 73.7 Å². The van der Waals surface area contributed by atoms with Crippen molar-refractivity contribution in [2.75, 3.05) is 13.6 Å². The molecule has 3 N–H and O–H groups in total. The Balaban J connectivity index is 1.21. The molecule has 1 aliphatic carbocycles. The molecule has 2 aromatic carbocycles. The van der Waals surface area contributed by atoms with Crippen LogP contribution in [0.15, 0.2) is 53.5 Å². The first kappa shape index (κ1) is 31.2. The second kappa shape index (κ2) is 12.9. The molecule has 1 unspecified atom stereocenters. The molecule has 6 rings (SSSR count). The lowest BCUT2D eigenvalue weighted by atomic mass is 9.97. The maximum atomic E-state index is 14.8. The van der Waals surface area contributed by atoms with Crippen LogP contribution in [0.1, 0.15) is 58.9 Å². The zero-order chi connectivity index (χ0) is 32.5. The molecule has 0 spiro atoms. The van der Waals surface area contributed by atoms with Crippen molar-refractivity contribution in [2.24, 2.45) is 10.7 Å². The minimum absolute atomic E-state index is 0.00490. The summed E-state index contributed by atoms with van der Waals surface area (Å²) in [6.07, 6.45) is 4.33. The molecule has 238 valence electrons. The minimum Gasteiger partial charge on any atom is -0.364 e. The number of hydrogen-bond donors (Lipinski definition) is 2. The van der Waals surface area contributed by atoms with Crippen LogP contribution in [0.5, 0.6) is 0 Å². The molecule has 10 nitrogen and oxygen atoms in total. The predicted octanol–water partition coefficient (Wildman–Crippen LogP) is 4.63. The van der Waals surface area contributed by atoms with Gasteiger partial charge in [-0.2, -0.15) is 5.10 Å². The number of allylic oxidation sites excluding steroid dienone is 2. The summed E-state index contributed by atoms with van der Waals surface area (Å²) in [5.74, 6) is -2.02. The molecule has 1 saturated heterocycles. The first-order valence-electron chi connectivity index (χ1n) is 15.1. The lowest BCUT2D eigenvalue weighted by Crippen LogP contribution is -2.48. The van der Waals surface area contributed by atoms with Crippen LogP contribution in [0.2, 0.25) is 0 Å². The van der Waals surface area contributed by atoms with Gasteiger partial charge in [-0.25, -0.2) is 13.8 Å². The summed E-state index contributed by atoms with van der Waals surface area (Å²) in [6, 6.07) is 10.1. The zero-order valence-electron chi connectivity index (χ0n) is 25.4. The maximum Gasteiger partial charge on any atom is 0.269 e. The average Bonchev–Trinajstić information content (AvgIpc) is 3.76. The third-order valence-electron chi connectivity index (χ3n) is 8.41. The first-order valence-corrected chi connectivity index (χ1v) is 15.9. The summed E-state index contributed by atoms with van der Waals surface area (Å²) in [5, 5.41) is 8.59. The van der Waals surface area contributed by atoms with Crippen LogP contribution in [-0.2, 0) is 22.6 Å². The molecule has 0 bridgehead atoms. The molecule has 0 saturated carbocycles. The van der Waals surface area contributed by atoms with Gasteiger partial charge in [-0.15, -0.1) is 11.3 Å². The van der Waals surface area contributed by atoms with Gasteiger partial charge >= 0.3 is 0 Å². The second-order valence-corrected chi connectivity index (χ2v) is 12.4. The molecule has 46 heavy (non-hydrogen) atoms. The van der Waals surface area contributed by atoms with Gasteiger partial charge < -0.3 is 16.0 Å². The molecule has 2 aromatic heterocycles. The van der Waals surface area contributed by atoms with E-state index in [2.05, 4.69) is 15.4 Å². The fourth-order valence-corrected chi connectivity index (χ4v) is 7.39. The van der Waals surface area contributed by atoms with Crippen LogP contribution in [0, 0.1) is 5.82 Å². The lowest BCUT2D eigenvalue weighted by molar-refractivity contribution is -0.139. The number of nitrogens with two attached hydrogens (primary N) is 1. The molecule has 3 atom stereocenters. The largest absolute Gasteiger partial charge is 0.364 e. The number of hydrogen-bond acceptors (Lipinski definition) is 7. The van der Waals surface area contributed by atoms with Gasteiger partial charge in [0.1, 0.15) is 29.6 Å². The van der Waals surface area contributed by atoms with Crippen molar-refractivity contribution < 1.29 is 23.2 Å². The Labute approximate surface area is 268 Å². The summed E-state index contributed by atoms with van der Waals surface area (Å²) >= 11 is 1.45. The summed E-state index contributed by atoms with van der Waals surface area (Å²) in [4.78, 5) is 50.5. The molecular formula is C33H33F2N7O3S. The van der Waals surface area contributed by atoms with Crippen molar-refractivity contribution >= 4 is 51.7 Å². The number of carbonyl (C=O) groups excluding carboxylic acids is 3. The summed E-state index contributed by atoms with van der Waals surface area (Å²) in [5.41, 5.74) is 9.44. The Morgan fingerprint density at radius 3 is 2.70 bits per heavy atom. The highest BCUT2D eigenvalue weighted by molar-refractivity contribution is 7.15. The van der Waals surface area contributed by atoms with E-state index in [0.717, 1.165) is 45.1 Å². The van der Waals surface area contributed by atoms with Crippen molar-refractivity contribution in [3.63, 3.8) is 0 Å². The number of aliphatic imine (C=N–C) groups is 1. The van der Waals surface area contributed by atoms with Crippen molar-refractivity contribution in [1.82, 2.24) is 25.0 Å². The Kier molecular flexibility index (Phi) is 8.76. The minimum atomic E-state index is -1.37. The first-order chi connectivity index (χ1) is 22.2. The fourth-order valence-electron chi connectivity index (χ4n) is 6.19. The number of aryl methyl sites for hydroxylation is 1. The Bertz CT molecular complexity index is 1880. The topological polar surface area (TPSA) is 136 Å². The standard InChI is InChI=1S/C33H33F2N7O3S/c1-3-18(15-37-2)20-9-12-26-23(13-20)29(31(36)44)40-42(26)17-28(43)41-16-22(35)14-27(41)32(45)38-24-5-4-6-25-30(24)46-33(39-25)19-7-10-21(34)11-8-19/h3,7-13,15,22,24,27H,4-6,14,16-17H2,1-2H3,(H2,36,44)(H,38,45)/b18-3+,37-15?/t22-,24?,27+/m1/s1. The number of primary amides is 1. The Hall–Kier alpha value is -4.78. The molecule has 0 radical (unpaired) electrons. The number of amides is 3. The lowest BCUT2D eigenvalue weighted by Gasteiger charge is -2.28. The highest BCUT2D eigenvalue weighted by atomic mass is 32.1. The molecule has 4 aromatic rings. The monoisotopic (exact) mass is 645 g/mol. The molecule has 1 fully saturated rings. The van der Waals surface area contributed by atoms with Crippen LogP contribution in [0.3, 0.4) is 0 Å². The summed E-state index contributed by atoms with van der Waals surface area (Å²) in [7, 11) is 1.66. The van der Waals surface area contributed by atoms with Gasteiger partial charge in [0.05, 0.1) is 28.7 Å². The van der Waals surface area contributed by atoms with Crippen LogP contribution in [0.4, 0.5) is 8.78 Å². The quantitative estimate of drug-likeness (QED) is 0.270. The van der Waals surface area contributed by atoms with Gasteiger partial charge in [0.25, 0.3) is 5.91 Å². The van der Waals surface area contributed by atoms with Crippen LogP contribution >= 0.6 is 11.3 Å². The number of aromatic nitrogens is 3. The van der Waals surface area contributed by atoms with Gasteiger partial charge in [0, 0.05) is 30.6 Å². The van der Waals surface area contributed by atoms with Crippen LogP contribution < -0.4 is 11.1 Å². The van der Waals surface area contributed by atoms with E-state index < -0.39 is 29.9 Å². The second-order valence-electron chi connectivity index (χ2n) is 11.4. The predicted molar refractivity (Wildman–Crippen MR) is 173 cm³/mol.